The number of amides is 3. The largest absolute Gasteiger partial charge is 0.380 e. The van der Waals surface area contributed by atoms with E-state index in [-0.39, 0.29) is 5.91 Å². The number of nitrogens with zero attached hydrogens (tertiary/aromatic N) is 1. The van der Waals surface area contributed by atoms with Crippen LogP contribution in [0.1, 0.15) is 24.7 Å². The van der Waals surface area contributed by atoms with Crippen molar-refractivity contribution in [1.82, 2.24) is 15.8 Å². The van der Waals surface area contributed by atoms with E-state index in [1.165, 1.54) is 0 Å². The molecule has 0 unspecified atom stereocenters. The zero-order valence-electron chi connectivity index (χ0n) is 12.3. The second-order valence-electron chi connectivity index (χ2n) is 5.24. The van der Waals surface area contributed by atoms with Crippen LogP contribution < -0.4 is 16.4 Å². The molecule has 3 amide bonds. The van der Waals surface area contributed by atoms with Gasteiger partial charge in [-0.05, 0) is 24.5 Å². The summed E-state index contributed by atoms with van der Waals surface area (Å²) in [6.07, 6.45) is 0.457. The number of anilines is 1. The maximum Gasteiger partial charge on any atom is 0.322 e. The number of nitrogen functional groups attached to an aromatic ring is 1. The summed E-state index contributed by atoms with van der Waals surface area (Å²) >= 11 is 0. The summed E-state index contributed by atoms with van der Waals surface area (Å²) in [5.41, 5.74) is 7.07. The van der Waals surface area contributed by atoms with Crippen molar-refractivity contribution in [3.63, 3.8) is 0 Å². The molecule has 1 saturated heterocycles. The van der Waals surface area contributed by atoms with E-state index in [0.29, 0.717) is 18.0 Å². The quantitative estimate of drug-likeness (QED) is 0.747. The van der Waals surface area contributed by atoms with Crippen LogP contribution in [0, 0.1) is 6.92 Å². The number of aromatic nitrogens is 1. The number of urea groups is 1. The Morgan fingerprint density at radius 2 is 1.95 bits per heavy atom. The average molecular weight is 300 g/mol. The number of hydrogen-bond acceptors (Lipinski definition) is 5. The molecule has 2 heterocycles. The minimum absolute atomic E-state index is 0.322. The normalized spacial score (nSPS) is 20.8. The number of rotatable bonds is 3. The van der Waals surface area contributed by atoms with Gasteiger partial charge in [0, 0.05) is 0 Å². The standard InChI is InChI=1S/C15H16N4O3/c1-3-15(13(20)17-14(21)18-15)10-6-4-9(5-7-10)11-8(2)22-19-12(11)16/h4-7H,3H2,1-2H3,(H2,16,19)(H2,17,18,20,21)/t15-/m0/s1. The minimum Gasteiger partial charge on any atom is -0.380 e. The van der Waals surface area contributed by atoms with Crippen LogP contribution in [0.4, 0.5) is 10.6 Å². The van der Waals surface area contributed by atoms with Gasteiger partial charge in [-0.1, -0.05) is 36.3 Å². The molecular formula is C15H16N4O3. The second-order valence-corrected chi connectivity index (χ2v) is 5.24. The number of carbonyl (C=O) groups excluding carboxylic acids is 2. The maximum absolute atomic E-state index is 12.1. The Balaban J connectivity index is 2.01. The van der Waals surface area contributed by atoms with Crippen molar-refractivity contribution in [1.29, 1.82) is 0 Å². The number of benzene rings is 1. The van der Waals surface area contributed by atoms with Gasteiger partial charge >= 0.3 is 6.03 Å². The lowest BCUT2D eigenvalue weighted by molar-refractivity contribution is -0.124. The van der Waals surface area contributed by atoms with Crippen molar-refractivity contribution in [3.8, 4) is 11.1 Å². The molecular weight excluding hydrogens is 284 g/mol. The zero-order valence-corrected chi connectivity index (χ0v) is 12.3. The molecule has 22 heavy (non-hydrogen) atoms. The molecule has 0 bridgehead atoms. The van der Waals surface area contributed by atoms with Crippen molar-refractivity contribution in [2.75, 3.05) is 5.73 Å². The molecule has 0 saturated carbocycles. The van der Waals surface area contributed by atoms with Crippen LogP contribution in [-0.4, -0.2) is 17.1 Å². The Bertz CT molecular complexity index is 731. The van der Waals surface area contributed by atoms with E-state index in [0.717, 1.165) is 16.7 Å². The molecule has 0 spiro atoms. The summed E-state index contributed by atoms with van der Waals surface area (Å²) in [5.74, 6) is 0.609. The minimum atomic E-state index is -1.02. The fourth-order valence-corrected chi connectivity index (χ4v) is 2.81. The zero-order chi connectivity index (χ0) is 15.9. The number of carbonyl (C=O) groups is 2. The molecule has 0 aliphatic carbocycles. The molecule has 4 N–H and O–H groups in total. The predicted molar refractivity (Wildman–Crippen MR) is 79.7 cm³/mol. The van der Waals surface area contributed by atoms with Gasteiger partial charge in [0.15, 0.2) is 5.82 Å². The molecule has 7 nitrogen and oxygen atoms in total. The third-order valence-corrected chi connectivity index (χ3v) is 4.03. The summed E-state index contributed by atoms with van der Waals surface area (Å²) < 4.78 is 5.06. The van der Waals surface area contributed by atoms with Crippen molar-refractivity contribution in [2.45, 2.75) is 25.8 Å². The maximum atomic E-state index is 12.1. The van der Waals surface area contributed by atoms with E-state index in [9.17, 15) is 9.59 Å². The highest BCUT2D eigenvalue weighted by atomic mass is 16.5. The van der Waals surface area contributed by atoms with Gasteiger partial charge < -0.3 is 15.6 Å². The SMILES string of the molecule is CC[C@@]1(c2ccc(-c3c(N)noc3C)cc2)NC(=O)NC1=O. The third kappa shape index (κ3) is 1.93. The van der Waals surface area contributed by atoms with Crippen molar-refractivity contribution in [3.05, 3.63) is 35.6 Å². The van der Waals surface area contributed by atoms with E-state index in [2.05, 4.69) is 15.8 Å². The molecule has 0 radical (unpaired) electrons. The Hall–Kier alpha value is -2.83. The first-order chi connectivity index (χ1) is 10.5. The summed E-state index contributed by atoms with van der Waals surface area (Å²) in [7, 11) is 0. The molecule has 1 aromatic heterocycles. The highest BCUT2D eigenvalue weighted by Crippen LogP contribution is 2.33. The smallest absolute Gasteiger partial charge is 0.322 e. The fourth-order valence-electron chi connectivity index (χ4n) is 2.81. The van der Waals surface area contributed by atoms with Gasteiger partial charge in [-0.25, -0.2) is 4.79 Å². The summed E-state index contributed by atoms with van der Waals surface area (Å²) in [5, 5.41) is 8.71. The first kappa shape index (κ1) is 14.1. The number of nitrogens with one attached hydrogen (secondary N) is 2. The molecule has 1 fully saturated rings. The van der Waals surface area contributed by atoms with Crippen LogP contribution >= 0.6 is 0 Å². The van der Waals surface area contributed by atoms with Crippen molar-refractivity contribution >= 4 is 17.8 Å². The molecule has 1 atom stereocenters. The van der Waals surface area contributed by atoms with Gasteiger partial charge in [0.2, 0.25) is 0 Å². The lowest BCUT2D eigenvalue weighted by Crippen LogP contribution is -2.43. The topological polar surface area (TPSA) is 110 Å². The number of nitrogens with two attached hydrogens (primary N) is 1. The number of hydrogen-bond donors (Lipinski definition) is 3. The molecule has 114 valence electrons. The first-order valence-electron chi connectivity index (χ1n) is 6.94. The Morgan fingerprint density at radius 1 is 1.27 bits per heavy atom. The lowest BCUT2D eigenvalue weighted by atomic mass is 9.86. The molecule has 2 aromatic rings. The van der Waals surface area contributed by atoms with Gasteiger partial charge in [-0.2, -0.15) is 0 Å². The third-order valence-electron chi connectivity index (χ3n) is 4.03. The van der Waals surface area contributed by atoms with Gasteiger partial charge in [0.05, 0.1) is 5.56 Å². The predicted octanol–water partition coefficient (Wildman–Crippen LogP) is 1.68. The molecule has 1 aromatic carbocycles. The molecule has 1 aliphatic heterocycles. The van der Waals surface area contributed by atoms with Gasteiger partial charge in [0.25, 0.3) is 5.91 Å². The van der Waals surface area contributed by atoms with Gasteiger partial charge in [0.1, 0.15) is 11.3 Å². The first-order valence-corrected chi connectivity index (χ1v) is 6.94. The monoisotopic (exact) mass is 300 g/mol. The van der Waals surface area contributed by atoms with E-state index in [1.54, 1.807) is 19.1 Å². The highest BCUT2D eigenvalue weighted by molar-refractivity contribution is 6.07. The van der Waals surface area contributed by atoms with E-state index in [4.69, 9.17) is 10.3 Å². The summed E-state index contributed by atoms with van der Waals surface area (Å²) in [6, 6.07) is 6.79. The Morgan fingerprint density at radius 3 is 2.41 bits per heavy atom. The van der Waals surface area contributed by atoms with E-state index < -0.39 is 11.6 Å². The molecule has 3 rings (SSSR count). The second kappa shape index (κ2) is 4.87. The van der Waals surface area contributed by atoms with Crippen molar-refractivity contribution in [2.24, 2.45) is 0 Å². The number of aryl methyl sites for hydroxylation is 1. The van der Waals surface area contributed by atoms with Crippen LogP contribution in [0.5, 0.6) is 0 Å². The molecule has 7 heteroatoms. The van der Waals surface area contributed by atoms with Gasteiger partial charge in [-0.15, -0.1) is 0 Å². The van der Waals surface area contributed by atoms with E-state index in [1.807, 2.05) is 19.1 Å². The van der Waals surface area contributed by atoms with Crippen LogP contribution in [0.3, 0.4) is 0 Å². The van der Waals surface area contributed by atoms with Crippen molar-refractivity contribution < 1.29 is 14.1 Å². The molecule has 1 aliphatic rings. The lowest BCUT2D eigenvalue weighted by Gasteiger charge is -2.25. The van der Waals surface area contributed by atoms with Crippen LogP contribution in [-0.2, 0) is 10.3 Å². The fraction of sp³-hybridized carbons (Fsp3) is 0.267. The highest BCUT2D eigenvalue weighted by Gasteiger charge is 2.46. The van der Waals surface area contributed by atoms with E-state index >= 15 is 0 Å². The number of imide groups is 1. The Labute approximate surface area is 126 Å². The van der Waals surface area contributed by atoms with Gasteiger partial charge in [-0.3, -0.25) is 10.1 Å². The Kier molecular flexibility index (Phi) is 3.13. The summed E-state index contributed by atoms with van der Waals surface area (Å²) in [4.78, 5) is 23.6. The van der Waals surface area contributed by atoms with Crippen LogP contribution in [0.2, 0.25) is 0 Å². The van der Waals surface area contributed by atoms with Crippen LogP contribution in [0.15, 0.2) is 28.8 Å². The summed E-state index contributed by atoms with van der Waals surface area (Å²) in [6.45, 7) is 3.63. The van der Waals surface area contributed by atoms with Crippen LogP contribution in [0.25, 0.3) is 11.1 Å². The average Bonchev–Trinajstić information content (AvgIpc) is 2.99.